The van der Waals surface area contributed by atoms with Crippen molar-refractivity contribution < 1.29 is 14.7 Å². The largest absolute Gasteiger partial charge is 0.478 e. The molecule has 3 rings (SSSR count). The van der Waals surface area contributed by atoms with E-state index in [4.69, 9.17) is 0 Å². The molecule has 0 amide bonds. The van der Waals surface area contributed by atoms with Gasteiger partial charge in [0, 0.05) is 12.0 Å². The van der Waals surface area contributed by atoms with E-state index in [-0.39, 0.29) is 11.3 Å². The van der Waals surface area contributed by atoms with Crippen molar-refractivity contribution in [1.82, 2.24) is 0 Å². The first kappa shape index (κ1) is 11.7. The van der Waals surface area contributed by atoms with E-state index in [2.05, 4.69) is 0 Å². The smallest absolute Gasteiger partial charge is 0.336 e. The molecule has 0 aliphatic heterocycles. The van der Waals surface area contributed by atoms with Crippen LogP contribution in [0, 0.1) is 0 Å². The monoisotopic (exact) mass is 252 g/mol. The van der Waals surface area contributed by atoms with Gasteiger partial charge in [0.05, 0.1) is 5.56 Å². The molecule has 1 N–H and O–H groups in total. The first-order chi connectivity index (χ1) is 9.18. The van der Waals surface area contributed by atoms with Gasteiger partial charge in [-0.3, -0.25) is 4.79 Å². The lowest BCUT2D eigenvalue weighted by Gasteiger charge is -2.10. The topological polar surface area (TPSA) is 54.4 Å². The Labute approximate surface area is 110 Å². The molecule has 1 aliphatic carbocycles. The van der Waals surface area contributed by atoms with Crippen molar-refractivity contribution in [2.24, 2.45) is 0 Å². The molecule has 0 aromatic heterocycles. The lowest BCUT2D eigenvalue weighted by atomic mass is 9.93. The summed E-state index contributed by atoms with van der Waals surface area (Å²) < 4.78 is 0. The number of benzene rings is 2. The molecule has 0 bridgehead atoms. The molecule has 2 aromatic rings. The quantitative estimate of drug-likeness (QED) is 0.893. The van der Waals surface area contributed by atoms with Gasteiger partial charge in [0.2, 0.25) is 0 Å². The van der Waals surface area contributed by atoms with Crippen LogP contribution in [0.3, 0.4) is 0 Å². The highest BCUT2D eigenvalue weighted by atomic mass is 16.4. The predicted octanol–water partition coefficient (Wildman–Crippen LogP) is 3.18. The molecule has 0 saturated heterocycles. The van der Waals surface area contributed by atoms with Gasteiger partial charge in [-0.2, -0.15) is 0 Å². The summed E-state index contributed by atoms with van der Waals surface area (Å²) in [6, 6.07) is 12.4. The maximum atomic E-state index is 11.8. The highest BCUT2D eigenvalue weighted by Gasteiger charge is 2.23. The Kier molecular flexibility index (Phi) is 2.67. The summed E-state index contributed by atoms with van der Waals surface area (Å²) in [7, 11) is 0. The molecular weight excluding hydrogens is 240 g/mol. The number of rotatable bonds is 2. The van der Waals surface area contributed by atoms with E-state index in [0.717, 1.165) is 16.7 Å². The number of hydrogen-bond acceptors (Lipinski definition) is 2. The highest BCUT2D eigenvalue weighted by molar-refractivity contribution is 6.04. The summed E-state index contributed by atoms with van der Waals surface area (Å²) >= 11 is 0. The fourth-order valence-electron chi connectivity index (χ4n) is 2.65. The molecule has 94 valence electrons. The number of ketones is 1. The average Bonchev–Trinajstić information content (AvgIpc) is 2.81. The van der Waals surface area contributed by atoms with Gasteiger partial charge in [-0.25, -0.2) is 4.79 Å². The Morgan fingerprint density at radius 1 is 0.895 bits per heavy atom. The predicted molar refractivity (Wildman–Crippen MR) is 71.5 cm³/mol. The van der Waals surface area contributed by atoms with E-state index in [1.54, 1.807) is 18.2 Å². The van der Waals surface area contributed by atoms with Gasteiger partial charge in [-0.05, 0) is 29.2 Å². The average molecular weight is 252 g/mol. The van der Waals surface area contributed by atoms with Gasteiger partial charge < -0.3 is 5.11 Å². The van der Waals surface area contributed by atoms with Crippen LogP contribution in [0.4, 0.5) is 0 Å². The lowest BCUT2D eigenvalue weighted by Crippen LogP contribution is -2.01. The van der Waals surface area contributed by atoms with Crippen molar-refractivity contribution in [3.8, 4) is 11.1 Å². The SMILES string of the molecule is O=C(O)c1ccccc1-c1cccc2c1CCC2=O. The van der Waals surface area contributed by atoms with E-state index in [9.17, 15) is 14.7 Å². The van der Waals surface area contributed by atoms with Crippen LogP contribution >= 0.6 is 0 Å². The van der Waals surface area contributed by atoms with Gasteiger partial charge in [0.15, 0.2) is 5.78 Å². The van der Waals surface area contributed by atoms with Crippen molar-refractivity contribution in [3.05, 3.63) is 59.2 Å². The van der Waals surface area contributed by atoms with Crippen molar-refractivity contribution in [3.63, 3.8) is 0 Å². The number of hydrogen-bond donors (Lipinski definition) is 1. The van der Waals surface area contributed by atoms with Gasteiger partial charge >= 0.3 is 5.97 Å². The summed E-state index contributed by atoms with van der Waals surface area (Å²) in [5, 5.41) is 9.26. The van der Waals surface area contributed by atoms with Crippen LogP contribution in [0.1, 0.15) is 32.7 Å². The van der Waals surface area contributed by atoms with Crippen LogP contribution in [0.2, 0.25) is 0 Å². The van der Waals surface area contributed by atoms with E-state index < -0.39 is 5.97 Å². The fourth-order valence-corrected chi connectivity index (χ4v) is 2.65. The second kappa shape index (κ2) is 4.35. The van der Waals surface area contributed by atoms with Gasteiger partial charge in [0.25, 0.3) is 0 Å². The summed E-state index contributed by atoms with van der Waals surface area (Å²) in [6.45, 7) is 0. The molecule has 0 spiro atoms. The van der Waals surface area contributed by atoms with Gasteiger partial charge in [0.1, 0.15) is 0 Å². The molecule has 0 heterocycles. The molecule has 1 aliphatic rings. The lowest BCUT2D eigenvalue weighted by molar-refractivity contribution is 0.0697. The zero-order chi connectivity index (χ0) is 13.4. The second-order valence-corrected chi connectivity index (χ2v) is 4.61. The van der Waals surface area contributed by atoms with Crippen LogP contribution in [0.25, 0.3) is 11.1 Å². The van der Waals surface area contributed by atoms with E-state index in [0.29, 0.717) is 18.4 Å². The van der Waals surface area contributed by atoms with Crippen LogP contribution < -0.4 is 0 Å². The zero-order valence-corrected chi connectivity index (χ0v) is 10.2. The Balaban J connectivity index is 2.25. The number of Topliss-reactive ketones (excluding diaryl/α,β-unsaturated/α-hetero) is 1. The normalized spacial score (nSPS) is 13.4. The van der Waals surface area contributed by atoms with Crippen molar-refractivity contribution in [2.75, 3.05) is 0 Å². The summed E-state index contributed by atoms with van der Waals surface area (Å²) in [5.41, 5.74) is 3.53. The minimum atomic E-state index is -0.947. The van der Waals surface area contributed by atoms with Gasteiger partial charge in [-0.1, -0.05) is 36.4 Å². The molecule has 0 radical (unpaired) electrons. The molecule has 0 unspecified atom stereocenters. The number of aromatic carboxylic acids is 1. The zero-order valence-electron chi connectivity index (χ0n) is 10.2. The molecule has 2 aromatic carbocycles. The highest BCUT2D eigenvalue weighted by Crippen LogP contribution is 2.34. The fraction of sp³-hybridized carbons (Fsp3) is 0.125. The maximum Gasteiger partial charge on any atom is 0.336 e. The maximum absolute atomic E-state index is 11.8. The number of carbonyl (C=O) groups excluding carboxylic acids is 1. The molecule has 0 atom stereocenters. The Hall–Kier alpha value is -2.42. The van der Waals surface area contributed by atoms with E-state index in [1.807, 2.05) is 24.3 Å². The Morgan fingerprint density at radius 2 is 1.58 bits per heavy atom. The van der Waals surface area contributed by atoms with E-state index >= 15 is 0 Å². The van der Waals surface area contributed by atoms with Crippen LogP contribution in [0.15, 0.2) is 42.5 Å². The third-order valence-corrected chi connectivity index (χ3v) is 3.53. The van der Waals surface area contributed by atoms with Crippen molar-refractivity contribution in [1.29, 1.82) is 0 Å². The minimum Gasteiger partial charge on any atom is -0.478 e. The number of carboxylic acid groups (broad SMARTS) is 1. The summed E-state index contributed by atoms with van der Waals surface area (Å²) in [6.07, 6.45) is 1.21. The van der Waals surface area contributed by atoms with Crippen molar-refractivity contribution >= 4 is 11.8 Å². The summed E-state index contributed by atoms with van der Waals surface area (Å²) in [5.74, 6) is -0.804. The first-order valence-electron chi connectivity index (χ1n) is 6.16. The molecule has 0 saturated carbocycles. The molecule has 19 heavy (non-hydrogen) atoms. The molecular formula is C16H12O3. The summed E-state index contributed by atoms with van der Waals surface area (Å²) in [4.78, 5) is 23.0. The molecule has 3 heteroatoms. The van der Waals surface area contributed by atoms with Crippen LogP contribution in [-0.2, 0) is 6.42 Å². The van der Waals surface area contributed by atoms with Crippen LogP contribution in [-0.4, -0.2) is 16.9 Å². The third-order valence-electron chi connectivity index (χ3n) is 3.53. The minimum absolute atomic E-state index is 0.143. The first-order valence-corrected chi connectivity index (χ1v) is 6.16. The standard InChI is InChI=1S/C16H12O3/c17-15-9-8-12-10(6-3-7-13(12)15)11-4-1-2-5-14(11)16(18)19/h1-7H,8-9H2,(H,18,19). The Morgan fingerprint density at radius 3 is 2.37 bits per heavy atom. The van der Waals surface area contributed by atoms with Crippen molar-refractivity contribution in [2.45, 2.75) is 12.8 Å². The molecule has 0 fully saturated rings. The second-order valence-electron chi connectivity index (χ2n) is 4.61. The van der Waals surface area contributed by atoms with E-state index in [1.165, 1.54) is 0 Å². The number of carbonyl (C=O) groups is 2. The number of fused-ring (bicyclic) bond motifs is 1. The van der Waals surface area contributed by atoms with Gasteiger partial charge in [-0.15, -0.1) is 0 Å². The van der Waals surface area contributed by atoms with Crippen LogP contribution in [0.5, 0.6) is 0 Å². The third kappa shape index (κ3) is 1.83. The number of carboxylic acids is 1. The Bertz CT molecular complexity index is 686. The molecule has 3 nitrogen and oxygen atoms in total.